The van der Waals surface area contributed by atoms with Crippen LogP contribution in [0, 0.1) is 24.0 Å². The van der Waals surface area contributed by atoms with E-state index >= 15 is 0 Å². The first-order chi connectivity index (χ1) is 11.5. The van der Waals surface area contributed by atoms with Gasteiger partial charge in [-0.3, -0.25) is 10.1 Å². The molecule has 0 fully saturated rings. The summed E-state index contributed by atoms with van der Waals surface area (Å²) in [5, 5.41) is 18.3. The summed E-state index contributed by atoms with van der Waals surface area (Å²) in [5.74, 6) is 1.00. The number of aromatic nitrogens is 3. The Morgan fingerprint density at radius 2 is 1.96 bits per heavy atom. The largest absolute Gasteiger partial charge is 0.360 e. The highest BCUT2D eigenvalue weighted by atomic mass is 32.2. The molecule has 8 nitrogen and oxygen atoms in total. The summed E-state index contributed by atoms with van der Waals surface area (Å²) in [4.78, 5) is 19.9. The number of hydrogen-bond donors (Lipinski definition) is 1. The summed E-state index contributed by atoms with van der Waals surface area (Å²) in [6.45, 7) is 3.70. The van der Waals surface area contributed by atoms with E-state index in [1.165, 1.54) is 18.1 Å². The zero-order valence-electron chi connectivity index (χ0n) is 12.9. The lowest BCUT2D eigenvalue weighted by Gasteiger charge is -2.06. The molecule has 3 aromatic rings. The molecule has 0 saturated heterocycles. The lowest BCUT2D eigenvalue weighted by Crippen LogP contribution is -2.03. The van der Waals surface area contributed by atoms with Gasteiger partial charge < -0.3 is 9.84 Å². The van der Waals surface area contributed by atoms with Crippen molar-refractivity contribution in [3.8, 4) is 0 Å². The van der Waals surface area contributed by atoms with Gasteiger partial charge in [0.1, 0.15) is 12.1 Å². The molecular weight excluding hydrogens is 330 g/mol. The van der Waals surface area contributed by atoms with E-state index in [0.717, 1.165) is 10.5 Å². The molecule has 0 atom stereocenters. The molecule has 9 heteroatoms. The molecule has 1 aromatic carbocycles. The van der Waals surface area contributed by atoms with Crippen molar-refractivity contribution in [3.63, 3.8) is 0 Å². The molecule has 0 amide bonds. The SMILES string of the molecule is Cc1ccc(Sc2ncnc(Nc3cc(C)on3)c2[N+](=O)[O-])cc1. The van der Waals surface area contributed by atoms with Gasteiger partial charge in [-0.15, -0.1) is 0 Å². The molecule has 122 valence electrons. The van der Waals surface area contributed by atoms with E-state index < -0.39 is 4.92 Å². The standard InChI is InChI=1S/C15H13N5O3S/c1-9-3-5-11(6-4-9)24-15-13(20(21)22)14(16-8-17-15)18-12-7-10(2)23-19-12/h3-8H,1-2H3,(H,16,17,18,19). The Balaban J connectivity index is 1.95. The fourth-order valence-corrected chi connectivity index (χ4v) is 2.82. The van der Waals surface area contributed by atoms with E-state index in [-0.39, 0.29) is 16.5 Å². The van der Waals surface area contributed by atoms with Gasteiger partial charge in [0.05, 0.1) is 4.92 Å². The second kappa shape index (κ2) is 6.67. The topological polar surface area (TPSA) is 107 Å². The van der Waals surface area contributed by atoms with Crippen LogP contribution in [-0.4, -0.2) is 20.0 Å². The fraction of sp³-hybridized carbons (Fsp3) is 0.133. The van der Waals surface area contributed by atoms with Crippen molar-refractivity contribution in [3.05, 3.63) is 58.1 Å². The molecule has 2 aromatic heterocycles. The minimum Gasteiger partial charge on any atom is -0.360 e. The molecule has 0 aliphatic heterocycles. The number of nitrogens with one attached hydrogen (secondary N) is 1. The van der Waals surface area contributed by atoms with Gasteiger partial charge in [-0.25, -0.2) is 9.97 Å². The quantitative estimate of drug-likeness (QED) is 0.422. The van der Waals surface area contributed by atoms with E-state index in [1.54, 1.807) is 13.0 Å². The van der Waals surface area contributed by atoms with E-state index in [9.17, 15) is 10.1 Å². The number of nitrogens with zero attached hydrogens (tertiary/aromatic N) is 4. The summed E-state index contributed by atoms with van der Waals surface area (Å²) in [6, 6.07) is 9.28. The van der Waals surface area contributed by atoms with Gasteiger partial charge in [0.25, 0.3) is 0 Å². The first-order valence-corrected chi connectivity index (χ1v) is 7.79. The number of nitro groups is 1. The van der Waals surface area contributed by atoms with Crippen LogP contribution in [0.25, 0.3) is 0 Å². The first-order valence-electron chi connectivity index (χ1n) is 6.97. The van der Waals surface area contributed by atoms with Crippen molar-refractivity contribution in [2.45, 2.75) is 23.8 Å². The molecule has 0 saturated carbocycles. The molecule has 3 rings (SSSR count). The van der Waals surface area contributed by atoms with Crippen LogP contribution in [0.2, 0.25) is 0 Å². The predicted octanol–water partition coefficient (Wildman–Crippen LogP) is 3.88. The smallest absolute Gasteiger partial charge is 0.344 e. The Morgan fingerprint density at radius 3 is 2.58 bits per heavy atom. The average molecular weight is 343 g/mol. The normalized spacial score (nSPS) is 10.6. The maximum atomic E-state index is 11.5. The Kier molecular flexibility index (Phi) is 4.43. The Hall–Kier alpha value is -2.94. The van der Waals surface area contributed by atoms with E-state index in [2.05, 4.69) is 20.4 Å². The molecular formula is C15H13N5O3S. The third-order valence-corrected chi connectivity index (χ3v) is 4.08. The molecule has 1 N–H and O–H groups in total. The molecule has 24 heavy (non-hydrogen) atoms. The third kappa shape index (κ3) is 3.51. The number of rotatable bonds is 5. The average Bonchev–Trinajstić information content (AvgIpc) is 2.94. The Labute approximate surface area is 141 Å². The Morgan fingerprint density at radius 1 is 1.21 bits per heavy atom. The molecule has 0 unspecified atom stereocenters. The van der Waals surface area contributed by atoms with E-state index in [1.807, 2.05) is 31.2 Å². The van der Waals surface area contributed by atoms with Crippen LogP contribution in [0.1, 0.15) is 11.3 Å². The zero-order valence-corrected chi connectivity index (χ0v) is 13.7. The Bertz CT molecular complexity index is 879. The van der Waals surface area contributed by atoms with Crippen LogP contribution in [0.4, 0.5) is 17.3 Å². The van der Waals surface area contributed by atoms with Crippen molar-refractivity contribution in [1.82, 2.24) is 15.1 Å². The number of benzene rings is 1. The maximum absolute atomic E-state index is 11.5. The van der Waals surface area contributed by atoms with Gasteiger partial charge in [0.15, 0.2) is 10.8 Å². The van der Waals surface area contributed by atoms with Crippen molar-refractivity contribution in [2.24, 2.45) is 0 Å². The lowest BCUT2D eigenvalue weighted by atomic mass is 10.2. The predicted molar refractivity (Wildman–Crippen MR) is 88.5 cm³/mol. The molecule has 0 radical (unpaired) electrons. The van der Waals surface area contributed by atoms with E-state index in [0.29, 0.717) is 11.6 Å². The zero-order chi connectivity index (χ0) is 17.1. The highest BCUT2D eigenvalue weighted by Gasteiger charge is 2.24. The molecule has 0 bridgehead atoms. The number of hydrogen-bond acceptors (Lipinski definition) is 8. The van der Waals surface area contributed by atoms with Gasteiger partial charge in [0, 0.05) is 11.0 Å². The summed E-state index contributed by atoms with van der Waals surface area (Å²) >= 11 is 1.20. The molecule has 2 heterocycles. The van der Waals surface area contributed by atoms with E-state index in [4.69, 9.17) is 4.52 Å². The van der Waals surface area contributed by atoms with Crippen molar-refractivity contribution in [1.29, 1.82) is 0 Å². The van der Waals surface area contributed by atoms with Gasteiger partial charge in [-0.2, -0.15) is 0 Å². The van der Waals surface area contributed by atoms with Crippen LogP contribution in [0.3, 0.4) is 0 Å². The summed E-state index contributed by atoms with van der Waals surface area (Å²) < 4.78 is 4.94. The fourth-order valence-electron chi connectivity index (χ4n) is 1.96. The van der Waals surface area contributed by atoms with Crippen LogP contribution in [0.15, 0.2) is 51.1 Å². The second-order valence-corrected chi connectivity index (χ2v) is 6.06. The van der Waals surface area contributed by atoms with Crippen LogP contribution >= 0.6 is 11.8 Å². The molecule has 0 spiro atoms. The second-order valence-electron chi connectivity index (χ2n) is 5.00. The number of aryl methyl sites for hydroxylation is 2. The van der Waals surface area contributed by atoms with Crippen LogP contribution in [-0.2, 0) is 0 Å². The van der Waals surface area contributed by atoms with Gasteiger partial charge in [-0.05, 0) is 26.0 Å². The highest BCUT2D eigenvalue weighted by Crippen LogP contribution is 2.37. The minimum absolute atomic E-state index is 0.0675. The minimum atomic E-state index is -0.508. The van der Waals surface area contributed by atoms with Crippen molar-refractivity contribution in [2.75, 3.05) is 5.32 Å². The molecule has 0 aliphatic rings. The monoisotopic (exact) mass is 343 g/mol. The maximum Gasteiger partial charge on any atom is 0.344 e. The summed E-state index contributed by atoms with van der Waals surface area (Å²) in [6.07, 6.45) is 1.28. The summed E-state index contributed by atoms with van der Waals surface area (Å²) in [7, 11) is 0. The van der Waals surface area contributed by atoms with Gasteiger partial charge >= 0.3 is 5.69 Å². The first kappa shape index (κ1) is 15.9. The van der Waals surface area contributed by atoms with Crippen LogP contribution < -0.4 is 5.32 Å². The lowest BCUT2D eigenvalue weighted by molar-refractivity contribution is -0.387. The third-order valence-electron chi connectivity index (χ3n) is 3.08. The van der Waals surface area contributed by atoms with Crippen molar-refractivity contribution >= 4 is 29.1 Å². The van der Waals surface area contributed by atoms with Crippen LogP contribution in [0.5, 0.6) is 0 Å². The highest BCUT2D eigenvalue weighted by molar-refractivity contribution is 7.99. The number of anilines is 2. The summed E-state index contributed by atoms with van der Waals surface area (Å²) in [5.41, 5.74) is 0.907. The van der Waals surface area contributed by atoms with Crippen molar-refractivity contribution < 1.29 is 9.45 Å². The van der Waals surface area contributed by atoms with Gasteiger partial charge in [0.2, 0.25) is 5.82 Å². The van der Waals surface area contributed by atoms with Gasteiger partial charge in [-0.1, -0.05) is 34.6 Å². The molecule has 0 aliphatic carbocycles.